The average Bonchev–Trinajstić information content (AvgIpc) is 2.36. The number of anilines is 1. The summed E-state index contributed by atoms with van der Waals surface area (Å²) in [6, 6.07) is 10.7. The van der Waals surface area contributed by atoms with Crippen molar-refractivity contribution in [3.8, 4) is 0 Å². The number of carbonyl (C=O) groups excluding carboxylic acids is 1. The predicted molar refractivity (Wildman–Crippen MR) is 73.4 cm³/mol. The fraction of sp³-hybridized carbons (Fsp3) is 0.0714. The summed E-state index contributed by atoms with van der Waals surface area (Å²) in [5.41, 5.74) is 7.05. The maximum absolute atomic E-state index is 13.0. The minimum Gasteiger partial charge on any atom is -0.398 e. The number of carbonyl (C=O) groups is 1. The fourth-order valence-electron chi connectivity index (χ4n) is 1.66. The Kier molecular flexibility index (Phi) is 4.02. The van der Waals surface area contributed by atoms with E-state index in [9.17, 15) is 9.18 Å². The van der Waals surface area contributed by atoms with Crippen LogP contribution in [0.25, 0.3) is 0 Å². The zero-order chi connectivity index (χ0) is 13.8. The van der Waals surface area contributed by atoms with Crippen molar-refractivity contribution < 1.29 is 9.18 Å². The number of hydrogen-bond acceptors (Lipinski definition) is 2. The Labute approximate surface area is 115 Å². The zero-order valence-electron chi connectivity index (χ0n) is 9.99. The second kappa shape index (κ2) is 5.71. The first-order chi connectivity index (χ1) is 9.06. The van der Waals surface area contributed by atoms with Crippen LogP contribution >= 0.6 is 11.6 Å². The highest BCUT2D eigenvalue weighted by molar-refractivity contribution is 6.31. The van der Waals surface area contributed by atoms with Crippen molar-refractivity contribution >= 4 is 23.2 Å². The van der Waals surface area contributed by atoms with Gasteiger partial charge >= 0.3 is 0 Å². The van der Waals surface area contributed by atoms with E-state index in [2.05, 4.69) is 5.32 Å². The highest BCUT2D eigenvalue weighted by atomic mass is 35.5. The Hall–Kier alpha value is -2.07. The third-order valence-corrected chi connectivity index (χ3v) is 2.84. The topological polar surface area (TPSA) is 55.1 Å². The average molecular weight is 279 g/mol. The van der Waals surface area contributed by atoms with Crippen LogP contribution in [0.3, 0.4) is 0 Å². The van der Waals surface area contributed by atoms with Crippen LogP contribution in [-0.2, 0) is 6.54 Å². The van der Waals surface area contributed by atoms with Crippen LogP contribution in [0, 0.1) is 5.82 Å². The molecular weight excluding hydrogens is 267 g/mol. The van der Waals surface area contributed by atoms with Crippen molar-refractivity contribution in [1.82, 2.24) is 5.32 Å². The lowest BCUT2D eigenvalue weighted by Crippen LogP contribution is -2.23. The van der Waals surface area contributed by atoms with E-state index in [0.29, 0.717) is 21.8 Å². The van der Waals surface area contributed by atoms with Gasteiger partial charge < -0.3 is 11.1 Å². The predicted octanol–water partition coefficient (Wildman–Crippen LogP) is 2.99. The normalized spacial score (nSPS) is 10.2. The quantitative estimate of drug-likeness (QED) is 0.848. The summed E-state index contributed by atoms with van der Waals surface area (Å²) in [5, 5.41) is 3.15. The van der Waals surface area contributed by atoms with Crippen LogP contribution in [0.1, 0.15) is 15.9 Å². The van der Waals surface area contributed by atoms with E-state index in [1.165, 1.54) is 18.2 Å². The molecule has 2 aromatic carbocycles. The Morgan fingerprint density at radius 2 is 2.05 bits per heavy atom. The summed E-state index contributed by atoms with van der Waals surface area (Å²) >= 11 is 5.76. The molecular formula is C14H12ClFN2O. The molecule has 1 amide bonds. The van der Waals surface area contributed by atoms with E-state index in [1.54, 1.807) is 24.3 Å². The number of halogens is 2. The van der Waals surface area contributed by atoms with Gasteiger partial charge in [-0.15, -0.1) is 0 Å². The van der Waals surface area contributed by atoms with Crippen molar-refractivity contribution in [1.29, 1.82) is 0 Å². The molecule has 19 heavy (non-hydrogen) atoms. The molecule has 2 aromatic rings. The van der Waals surface area contributed by atoms with Crippen LogP contribution in [-0.4, -0.2) is 5.91 Å². The first-order valence-corrected chi connectivity index (χ1v) is 6.02. The summed E-state index contributed by atoms with van der Waals surface area (Å²) in [6.45, 7) is 0.235. The highest BCUT2D eigenvalue weighted by Gasteiger charge is 2.09. The van der Waals surface area contributed by atoms with Crippen LogP contribution in [0.15, 0.2) is 42.5 Å². The number of rotatable bonds is 3. The van der Waals surface area contributed by atoms with E-state index in [4.69, 9.17) is 17.3 Å². The summed E-state index contributed by atoms with van der Waals surface area (Å²) < 4.78 is 13.0. The molecule has 5 heteroatoms. The van der Waals surface area contributed by atoms with Gasteiger partial charge in [0.1, 0.15) is 5.82 Å². The van der Waals surface area contributed by atoms with Gasteiger partial charge in [0.2, 0.25) is 0 Å². The van der Waals surface area contributed by atoms with E-state index in [-0.39, 0.29) is 18.3 Å². The van der Waals surface area contributed by atoms with E-state index >= 15 is 0 Å². The van der Waals surface area contributed by atoms with E-state index < -0.39 is 0 Å². The number of nitrogen functional groups attached to an aromatic ring is 1. The van der Waals surface area contributed by atoms with Gasteiger partial charge in [0, 0.05) is 17.3 Å². The van der Waals surface area contributed by atoms with Crippen LogP contribution < -0.4 is 11.1 Å². The Morgan fingerprint density at radius 3 is 2.74 bits per heavy atom. The third kappa shape index (κ3) is 3.45. The number of amides is 1. The summed E-state index contributed by atoms with van der Waals surface area (Å²) in [4.78, 5) is 11.9. The van der Waals surface area contributed by atoms with Crippen molar-refractivity contribution in [2.45, 2.75) is 6.54 Å². The fourth-order valence-corrected chi connectivity index (χ4v) is 1.85. The molecule has 0 fully saturated rings. The molecule has 0 bridgehead atoms. The van der Waals surface area contributed by atoms with Gasteiger partial charge in [-0.1, -0.05) is 23.7 Å². The summed E-state index contributed by atoms with van der Waals surface area (Å²) in [5.74, 6) is -0.656. The Bertz CT molecular complexity index is 616. The number of nitrogens with two attached hydrogens (primary N) is 1. The molecule has 0 unspecified atom stereocenters. The smallest absolute Gasteiger partial charge is 0.253 e. The maximum Gasteiger partial charge on any atom is 0.253 e. The molecule has 0 saturated carbocycles. The number of benzene rings is 2. The van der Waals surface area contributed by atoms with Gasteiger partial charge in [-0.2, -0.15) is 0 Å². The number of nitrogens with one attached hydrogen (secondary N) is 1. The first-order valence-electron chi connectivity index (χ1n) is 5.64. The van der Waals surface area contributed by atoms with Crippen LogP contribution in [0.4, 0.5) is 10.1 Å². The van der Waals surface area contributed by atoms with Gasteiger partial charge in [0.25, 0.3) is 5.91 Å². The molecule has 2 rings (SSSR count). The summed E-state index contributed by atoms with van der Waals surface area (Å²) in [7, 11) is 0. The molecule has 0 atom stereocenters. The SMILES string of the molecule is Nc1cc(Cl)ccc1C(=O)NCc1cccc(F)c1. The maximum atomic E-state index is 13.0. The van der Waals surface area contributed by atoms with Crippen molar-refractivity contribution in [2.75, 3.05) is 5.73 Å². The molecule has 98 valence electrons. The van der Waals surface area contributed by atoms with Gasteiger partial charge in [-0.25, -0.2) is 4.39 Å². The van der Waals surface area contributed by atoms with E-state index in [1.807, 2.05) is 0 Å². The highest BCUT2D eigenvalue weighted by Crippen LogP contribution is 2.18. The first kappa shape index (κ1) is 13.4. The largest absolute Gasteiger partial charge is 0.398 e. The molecule has 3 N–H and O–H groups in total. The van der Waals surface area contributed by atoms with Gasteiger partial charge in [0.15, 0.2) is 0 Å². The zero-order valence-corrected chi connectivity index (χ0v) is 10.7. The molecule has 0 aromatic heterocycles. The minimum atomic E-state index is -0.335. The Balaban J connectivity index is 2.05. The molecule has 0 heterocycles. The molecule has 3 nitrogen and oxygen atoms in total. The summed E-state index contributed by atoms with van der Waals surface area (Å²) in [6.07, 6.45) is 0. The van der Waals surface area contributed by atoms with Gasteiger partial charge in [0.05, 0.1) is 5.56 Å². The lowest BCUT2D eigenvalue weighted by Gasteiger charge is -2.08. The van der Waals surface area contributed by atoms with Crippen molar-refractivity contribution in [2.24, 2.45) is 0 Å². The molecule has 0 saturated heterocycles. The Morgan fingerprint density at radius 1 is 1.26 bits per heavy atom. The standard InChI is InChI=1S/C14H12ClFN2O/c15-10-4-5-12(13(17)7-10)14(19)18-8-9-2-1-3-11(16)6-9/h1-7H,8,17H2,(H,18,19). The number of hydrogen-bond donors (Lipinski definition) is 2. The second-order valence-electron chi connectivity index (χ2n) is 4.04. The van der Waals surface area contributed by atoms with Crippen molar-refractivity contribution in [3.63, 3.8) is 0 Å². The molecule has 0 aliphatic rings. The third-order valence-electron chi connectivity index (χ3n) is 2.60. The van der Waals surface area contributed by atoms with Gasteiger partial charge in [-0.05, 0) is 35.9 Å². The van der Waals surface area contributed by atoms with Gasteiger partial charge in [-0.3, -0.25) is 4.79 Å². The lowest BCUT2D eigenvalue weighted by atomic mass is 10.1. The molecule has 0 aliphatic heterocycles. The molecule has 0 radical (unpaired) electrons. The monoisotopic (exact) mass is 278 g/mol. The van der Waals surface area contributed by atoms with Crippen LogP contribution in [0.2, 0.25) is 5.02 Å². The van der Waals surface area contributed by atoms with Crippen molar-refractivity contribution in [3.05, 3.63) is 64.4 Å². The van der Waals surface area contributed by atoms with E-state index in [0.717, 1.165) is 0 Å². The minimum absolute atomic E-state index is 0.235. The lowest BCUT2D eigenvalue weighted by molar-refractivity contribution is 0.0951. The van der Waals surface area contributed by atoms with Crippen LogP contribution in [0.5, 0.6) is 0 Å². The molecule has 0 spiro atoms. The second-order valence-corrected chi connectivity index (χ2v) is 4.48. The molecule has 0 aliphatic carbocycles.